The van der Waals surface area contributed by atoms with Crippen molar-refractivity contribution in [3.63, 3.8) is 0 Å². The van der Waals surface area contributed by atoms with Crippen LogP contribution in [0.1, 0.15) is 5.56 Å². The Morgan fingerprint density at radius 2 is 2.19 bits per heavy atom. The summed E-state index contributed by atoms with van der Waals surface area (Å²) in [6.45, 7) is 0.859. The highest BCUT2D eigenvalue weighted by atomic mass is 16.5. The molecular formula is C16H17N3O2. The van der Waals surface area contributed by atoms with Crippen LogP contribution in [-0.4, -0.2) is 36.4 Å². The van der Waals surface area contributed by atoms with Gasteiger partial charge in [0.05, 0.1) is 6.54 Å². The third-order valence-corrected chi connectivity index (χ3v) is 3.30. The molecule has 3 rings (SSSR count). The molecule has 0 aliphatic carbocycles. The second-order valence-corrected chi connectivity index (χ2v) is 5.32. The lowest BCUT2D eigenvalue weighted by molar-refractivity contribution is -0.116. The molecule has 21 heavy (non-hydrogen) atoms. The van der Waals surface area contributed by atoms with E-state index in [1.807, 2.05) is 49.5 Å². The molecule has 2 aromatic rings. The number of amides is 1. The largest absolute Gasteiger partial charge is 0.488 e. The van der Waals surface area contributed by atoms with Crippen molar-refractivity contribution in [3.05, 3.63) is 42.2 Å². The van der Waals surface area contributed by atoms with Gasteiger partial charge in [0.2, 0.25) is 5.91 Å². The molecule has 1 aromatic carbocycles. The molecule has 0 fully saturated rings. The SMILES string of the molecule is CN(C)CC(=O)Nc1ccc2c(c1)OCc1cnccc1-2. The highest BCUT2D eigenvalue weighted by Gasteiger charge is 2.17. The third kappa shape index (κ3) is 2.87. The van der Waals surface area contributed by atoms with E-state index in [1.54, 1.807) is 6.20 Å². The van der Waals surface area contributed by atoms with Gasteiger partial charge in [0.25, 0.3) is 0 Å². The number of aromatic nitrogens is 1. The summed E-state index contributed by atoms with van der Waals surface area (Å²) in [5.74, 6) is 0.747. The van der Waals surface area contributed by atoms with E-state index in [2.05, 4.69) is 10.3 Å². The Kier molecular flexibility index (Phi) is 3.58. The van der Waals surface area contributed by atoms with Crippen LogP contribution in [0.25, 0.3) is 11.1 Å². The molecule has 1 aliphatic rings. The molecule has 108 valence electrons. The van der Waals surface area contributed by atoms with Crippen LogP contribution in [0.2, 0.25) is 0 Å². The molecule has 0 bridgehead atoms. The van der Waals surface area contributed by atoms with Crippen molar-refractivity contribution in [1.82, 2.24) is 9.88 Å². The Labute approximate surface area is 123 Å². The first-order valence-corrected chi connectivity index (χ1v) is 6.78. The van der Waals surface area contributed by atoms with Crippen molar-refractivity contribution in [3.8, 4) is 16.9 Å². The van der Waals surface area contributed by atoms with Gasteiger partial charge in [0.1, 0.15) is 12.4 Å². The molecule has 0 saturated carbocycles. The molecule has 0 saturated heterocycles. The average Bonchev–Trinajstić information content (AvgIpc) is 2.46. The van der Waals surface area contributed by atoms with Crippen LogP contribution in [0.4, 0.5) is 5.69 Å². The van der Waals surface area contributed by atoms with E-state index < -0.39 is 0 Å². The van der Waals surface area contributed by atoms with Crippen molar-refractivity contribution in [2.45, 2.75) is 6.61 Å². The Balaban J connectivity index is 1.85. The average molecular weight is 283 g/mol. The van der Waals surface area contributed by atoms with Crippen LogP contribution >= 0.6 is 0 Å². The van der Waals surface area contributed by atoms with Crippen LogP contribution < -0.4 is 10.1 Å². The number of fused-ring (bicyclic) bond motifs is 3. The minimum atomic E-state index is -0.0413. The molecule has 0 radical (unpaired) electrons. The molecule has 2 heterocycles. The molecule has 0 unspecified atom stereocenters. The Morgan fingerprint density at radius 1 is 1.33 bits per heavy atom. The molecule has 1 aromatic heterocycles. The van der Waals surface area contributed by atoms with Crippen LogP contribution in [0.15, 0.2) is 36.7 Å². The van der Waals surface area contributed by atoms with Gasteiger partial charge in [-0.25, -0.2) is 0 Å². The van der Waals surface area contributed by atoms with Gasteiger partial charge in [0.15, 0.2) is 0 Å². The fourth-order valence-electron chi connectivity index (χ4n) is 2.39. The number of hydrogen-bond acceptors (Lipinski definition) is 4. The molecule has 0 spiro atoms. The first kappa shape index (κ1) is 13.6. The monoisotopic (exact) mass is 283 g/mol. The summed E-state index contributed by atoms with van der Waals surface area (Å²) in [5.41, 5.74) is 3.99. The van der Waals surface area contributed by atoms with E-state index in [1.165, 1.54) is 0 Å². The molecule has 0 atom stereocenters. The van der Waals surface area contributed by atoms with E-state index in [0.717, 1.165) is 28.1 Å². The highest BCUT2D eigenvalue weighted by molar-refractivity contribution is 5.93. The molecule has 5 heteroatoms. The summed E-state index contributed by atoms with van der Waals surface area (Å²) in [6, 6.07) is 7.72. The molecule has 1 N–H and O–H groups in total. The zero-order valence-electron chi connectivity index (χ0n) is 12.1. The molecule has 1 aliphatic heterocycles. The first-order chi connectivity index (χ1) is 10.1. The fourth-order valence-corrected chi connectivity index (χ4v) is 2.39. The summed E-state index contributed by atoms with van der Waals surface area (Å²) < 4.78 is 5.75. The van der Waals surface area contributed by atoms with Crippen molar-refractivity contribution in [2.75, 3.05) is 26.0 Å². The lowest BCUT2D eigenvalue weighted by Gasteiger charge is -2.21. The van der Waals surface area contributed by atoms with Crippen LogP contribution in [-0.2, 0) is 11.4 Å². The van der Waals surface area contributed by atoms with Gasteiger partial charge in [-0.3, -0.25) is 9.78 Å². The lowest BCUT2D eigenvalue weighted by atomic mass is 9.99. The Bertz CT molecular complexity index is 683. The normalized spacial score (nSPS) is 12.3. The first-order valence-electron chi connectivity index (χ1n) is 6.78. The summed E-state index contributed by atoms with van der Waals surface area (Å²) >= 11 is 0. The summed E-state index contributed by atoms with van der Waals surface area (Å²) in [7, 11) is 3.72. The topological polar surface area (TPSA) is 54.5 Å². The van der Waals surface area contributed by atoms with Crippen molar-refractivity contribution >= 4 is 11.6 Å². The predicted molar refractivity (Wildman–Crippen MR) is 81.2 cm³/mol. The minimum absolute atomic E-state index is 0.0413. The molecule has 5 nitrogen and oxygen atoms in total. The quantitative estimate of drug-likeness (QED) is 0.937. The number of likely N-dealkylation sites (N-methyl/N-ethyl adjacent to an activating group) is 1. The maximum Gasteiger partial charge on any atom is 0.238 e. The second kappa shape index (κ2) is 5.54. The summed E-state index contributed by atoms with van der Waals surface area (Å²) in [6.07, 6.45) is 3.60. The fraction of sp³-hybridized carbons (Fsp3) is 0.250. The smallest absolute Gasteiger partial charge is 0.238 e. The number of rotatable bonds is 3. The molecular weight excluding hydrogens is 266 g/mol. The zero-order chi connectivity index (χ0) is 14.8. The summed E-state index contributed by atoms with van der Waals surface area (Å²) in [4.78, 5) is 17.7. The van der Waals surface area contributed by atoms with Crippen molar-refractivity contribution in [2.24, 2.45) is 0 Å². The van der Waals surface area contributed by atoms with Gasteiger partial charge in [-0.15, -0.1) is 0 Å². The number of hydrogen-bond donors (Lipinski definition) is 1. The number of carbonyl (C=O) groups excluding carboxylic acids is 1. The van der Waals surface area contributed by atoms with Crippen LogP contribution in [0.3, 0.4) is 0 Å². The van der Waals surface area contributed by atoms with Gasteiger partial charge < -0.3 is 15.0 Å². The van der Waals surface area contributed by atoms with E-state index in [4.69, 9.17) is 4.74 Å². The van der Waals surface area contributed by atoms with Gasteiger partial charge in [-0.05, 0) is 37.9 Å². The lowest BCUT2D eigenvalue weighted by Crippen LogP contribution is -2.27. The van der Waals surface area contributed by atoms with E-state index >= 15 is 0 Å². The van der Waals surface area contributed by atoms with E-state index in [9.17, 15) is 4.79 Å². The number of pyridine rings is 1. The highest BCUT2D eigenvalue weighted by Crippen LogP contribution is 2.38. The van der Waals surface area contributed by atoms with Crippen LogP contribution in [0.5, 0.6) is 5.75 Å². The maximum absolute atomic E-state index is 11.8. The van der Waals surface area contributed by atoms with Crippen molar-refractivity contribution < 1.29 is 9.53 Å². The number of nitrogens with one attached hydrogen (secondary N) is 1. The van der Waals surface area contributed by atoms with Gasteiger partial charge in [0, 0.05) is 35.3 Å². The number of nitrogens with zero attached hydrogens (tertiary/aromatic N) is 2. The minimum Gasteiger partial charge on any atom is -0.488 e. The van der Waals surface area contributed by atoms with E-state index in [0.29, 0.717) is 13.2 Å². The van der Waals surface area contributed by atoms with Crippen LogP contribution in [0, 0.1) is 0 Å². The number of carbonyl (C=O) groups is 1. The number of ether oxygens (including phenoxy) is 1. The maximum atomic E-state index is 11.8. The van der Waals surface area contributed by atoms with Gasteiger partial charge in [-0.1, -0.05) is 0 Å². The van der Waals surface area contributed by atoms with E-state index in [-0.39, 0.29) is 5.91 Å². The Hall–Kier alpha value is -2.40. The zero-order valence-corrected chi connectivity index (χ0v) is 12.1. The standard InChI is InChI=1S/C16H17N3O2/c1-19(2)9-16(20)18-12-3-4-14-13-5-6-17-8-11(13)10-21-15(14)7-12/h3-8H,9-10H2,1-2H3,(H,18,20). The third-order valence-electron chi connectivity index (χ3n) is 3.30. The number of anilines is 1. The van der Waals surface area contributed by atoms with Gasteiger partial charge in [-0.2, -0.15) is 0 Å². The Morgan fingerprint density at radius 3 is 3.00 bits per heavy atom. The predicted octanol–water partition coefficient (Wildman–Crippen LogP) is 2.14. The van der Waals surface area contributed by atoms with Crippen molar-refractivity contribution in [1.29, 1.82) is 0 Å². The second-order valence-electron chi connectivity index (χ2n) is 5.32. The molecule has 1 amide bonds. The summed E-state index contributed by atoms with van der Waals surface area (Å²) in [5, 5.41) is 2.87. The van der Waals surface area contributed by atoms with Gasteiger partial charge >= 0.3 is 0 Å². The number of benzene rings is 1.